The fourth-order valence-electron chi connectivity index (χ4n) is 15.8. The summed E-state index contributed by atoms with van der Waals surface area (Å²) in [6.07, 6.45) is 36.5. The predicted molar refractivity (Wildman–Crippen MR) is 385 cm³/mol. The largest absolute Gasteiger partial charge is 0.279 e. The van der Waals surface area contributed by atoms with Crippen LogP contribution in [0.4, 0.5) is 17.1 Å². The Kier molecular flexibility index (Phi) is 18.1. The van der Waals surface area contributed by atoms with E-state index >= 15 is 0 Å². The van der Waals surface area contributed by atoms with Gasteiger partial charge in [-0.3, -0.25) is 15.0 Å². The van der Waals surface area contributed by atoms with Gasteiger partial charge in [-0.05, 0) is 207 Å². The Morgan fingerprint density at radius 3 is 0.719 bits per heavy atom. The summed E-state index contributed by atoms with van der Waals surface area (Å²) in [5.41, 5.74) is 12.6. The summed E-state index contributed by atoms with van der Waals surface area (Å²) in [5, 5.41) is 32.2. The molecule has 6 atom stereocenters. The fourth-order valence-corrected chi connectivity index (χ4v) is 15.8. The standard InChI is InChI=1S/C87H75N9/c1-7-94(8-2)91-88-73-43-34-67(35-44-73)40-49-79-76(82-52-19-22-55-85(79,82)61-25-58-82)31-16-13-28-70-64-71(29-14-17-32-77-80(86-56-23-20-53-83(77,86)59-26-62-86)50-41-68-36-45-74(46-37-68)89-92-95(9-3)10-4)66-72(65-70)30-15-18-33-78-81(87-57-24-21-54-84(78,87)60-27-63-87)51-42-69-38-47-75(48-39-69)90-93-96(11-5)12-6/h19-24,34-39,43-48,52-57,64-66H,7-12,25-27,58-63H2,1-6H3. The van der Waals surface area contributed by atoms with Gasteiger partial charge in [0.1, 0.15) is 0 Å². The van der Waals surface area contributed by atoms with Gasteiger partial charge in [-0.25, -0.2) is 0 Å². The summed E-state index contributed by atoms with van der Waals surface area (Å²) in [6, 6.07) is 29.8. The van der Waals surface area contributed by atoms with E-state index in [4.69, 9.17) is 0 Å². The minimum Gasteiger partial charge on any atom is -0.279 e. The molecule has 0 heterocycles. The number of hydrogen-bond donors (Lipinski definition) is 0. The molecular formula is C87H75N9. The topological polar surface area (TPSA) is 83.9 Å². The summed E-state index contributed by atoms with van der Waals surface area (Å²) < 4.78 is 0. The van der Waals surface area contributed by atoms with E-state index in [2.05, 4.69) is 252 Å². The van der Waals surface area contributed by atoms with E-state index in [1.54, 1.807) is 0 Å². The zero-order valence-electron chi connectivity index (χ0n) is 55.7. The van der Waals surface area contributed by atoms with Gasteiger partial charge in [-0.1, -0.05) is 179 Å². The Morgan fingerprint density at radius 1 is 0.271 bits per heavy atom. The quantitative estimate of drug-likeness (QED) is 0.0805. The van der Waals surface area contributed by atoms with E-state index in [1.165, 1.54) is 0 Å². The van der Waals surface area contributed by atoms with Gasteiger partial charge < -0.3 is 0 Å². The van der Waals surface area contributed by atoms with Crippen molar-refractivity contribution in [2.45, 2.75) is 99.3 Å². The van der Waals surface area contributed by atoms with Gasteiger partial charge in [0.25, 0.3) is 0 Å². The van der Waals surface area contributed by atoms with Gasteiger partial charge in [-0.15, -0.1) is 15.3 Å². The lowest BCUT2D eigenvalue weighted by molar-refractivity contribution is 0.232. The van der Waals surface area contributed by atoms with Crippen LogP contribution in [-0.2, 0) is 0 Å². The molecule has 0 radical (unpaired) electrons. The lowest BCUT2D eigenvalue weighted by atomic mass is 9.47. The molecular weight excluding hydrogens is 1170 g/mol. The fraction of sp³-hybridized carbons (Fsp3) is 0.310. The van der Waals surface area contributed by atoms with Crippen LogP contribution in [0.3, 0.4) is 0 Å². The molecule has 9 heteroatoms. The van der Waals surface area contributed by atoms with Crippen LogP contribution in [0.1, 0.15) is 133 Å². The van der Waals surface area contributed by atoms with E-state index < -0.39 is 0 Å². The van der Waals surface area contributed by atoms with Gasteiger partial charge >= 0.3 is 0 Å². The summed E-state index contributed by atoms with van der Waals surface area (Å²) in [5.74, 6) is 61.7. The average molecular weight is 1250 g/mol. The van der Waals surface area contributed by atoms with Crippen molar-refractivity contribution in [2.75, 3.05) is 39.3 Å². The zero-order chi connectivity index (χ0) is 66.1. The monoisotopic (exact) mass is 1250 g/mol. The molecule has 468 valence electrons. The van der Waals surface area contributed by atoms with Crippen LogP contribution in [0.25, 0.3) is 0 Å². The minimum atomic E-state index is -0.191. The molecule has 0 aromatic heterocycles. The second-order valence-corrected chi connectivity index (χ2v) is 25.5. The van der Waals surface area contributed by atoms with Crippen LogP contribution in [0.2, 0.25) is 0 Å². The Bertz CT molecular complexity index is 4340. The molecule has 0 saturated heterocycles. The smallest absolute Gasteiger partial charge is 0.0875 e. The highest BCUT2D eigenvalue weighted by Gasteiger charge is 2.67. The van der Waals surface area contributed by atoms with Gasteiger partial charge in [0, 0.05) is 139 Å². The maximum Gasteiger partial charge on any atom is 0.0875 e. The third-order valence-corrected chi connectivity index (χ3v) is 20.8. The van der Waals surface area contributed by atoms with E-state index in [9.17, 15) is 0 Å². The lowest BCUT2D eigenvalue weighted by Gasteiger charge is -2.54. The van der Waals surface area contributed by atoms with Crippen molar-refractivity contribution in [3.05, 3.63) is 231 Å². The van der Waals surface area contributed by atoms with Crippen molar-refractivity contribution in [1.29, 1.82) is 0 Å². The third kappa shape index (κ3) is 11.5. The Hall–Kier alpha value is -11.2. The molecule has 0 bridgehead atoms. The van der Waals surface area contributed by atoms with Crippen molar-refractivity contribution in [1.82, 2.24) is 15.0 Å². The summed E-state index contributed by atoms with van der Waals surface area (Å²) >= 11 is 0. The van der Waals surface area contributed by atoms with Crippen molar-refractivity contribution in [3.8, 4) is 107 Å². The average Bonchev–Trinajstić information content (AvgIpc) is 1.39. The van der Waals surface area contributed by atoms with Crippen LogP contribution >= 0.6 is 0 Å². The molecule has 9 nitrogen and oxygen atoms in total. The Balaban J connectivity index is 0.838. The molecule has 6 unspecified atom stereocenters. The molecule has 0 spiro atoms. The molecule has 3 saturated carbocycles. The highest BCUT2D eigenvalue weighted by Crippen LogP contribution is 2.74. The second-order valence-electron chi connectivity index (χ2n) is 25.5. The number of nitrogens with zero attached hydrogens (tertiary/aromatic N) is 9. The van der Waals surface area contributed by atoms with Gasteiger partial charge in [0.2, 0.25) is 0 Å². The maximum atomic E-state index is 4.43. The summed E-state index contributed by atoms with van der Waals surface area (Å²) in [7, 11) is 0. The van der Waals surface area contributed by atoms with Crippen molar-refractivity contribution in [2.24, 2.45) is 63.5 Å². The van der Waals surface area contributed by atoms with E-state index in [-0.39, 0.29) is 32.5 Å². The second kappa shape index (κ2) is 27.4. The minimum absolute atomic E-state index is 0.169. The molecule has 0 amide bonds. The number of benzene rings is 4. The van der Waals surface area contributed by atoms with Crippen molar-refractivity contribution >= 4 is 17.1 Å². The van der Waals surface area contributed by atoms with Crippen LogP contribution in [0.5, 0.6) is 0 Å². The molecule has 3 fully saturated rings. The lowest BCUT2D eigenvalue weighted by Crippen LogP contribution is -2.48. The zero-order valence-corrected chi connectivity index (χ0v) is 55.7. The third-order valence-electron chi connectivity index (χ3n) is 20.8. The molecule has 9 aliphatic carbocycles. The molecule has 13 rings (SSSR count). The van der Waals surface area contributed by atoms with Gasteiger partial charge in [0.05, 0.1) is 17.1 Å². The molecule has 0 aliphatic heterocycles. The highest BCUT2D eigenvalue weighted by atomic mass is 15.5. The molecule has 96 heavy (non-hydrogen) atoms. The molecule has 0 N–H and O–H groups in total. The van der Waals surface area contributed by atoms with Gasteiger partial charge in [-0.2, -0.15) is 0 Å². The molecule has 9 aliphatic rings. The first kappa shape index (κ1) is 63.5. The molecule has 4 aromatic carbocycles. The molecule has 4 aromatic rings. The van der Waals surface area contributed by atoms with Gasteiger partial charge in [0.15, 0.2) is 0 Å². The van der Waals surface area contributed by atoms with E-state index in [0.717, 1.165) is 181 Å². The summed E-state index contributed by atoms with van der Waals surface area (Å²) in [6.45, 7) is 17.2. The van der Waals surface area contributed by atoms with Crippen LogP contribution in [0.15, 0.2) is 228 Å². The summed E-state index contributed by atoms with van der Waals surface area (Å²) in [4.78, 5) is 0. The number of hydrogen-bond acceptors (Lipinski definition) is 6. The van der Waals surface area contributed by atoms with Crippen LogP contribution in [-0.4, -0.2) is 54.3 Å². The maximum absolute atomic E-state index is 4.43. The van der Waals surface area contributed by atoms with Crippen molar-refractivity contribution in [3.63, 3.8) is 0 Å². The van der Waals surface area contributed by atoms with E-state index in [1.807, 2.05) is 106 Å². The first-order chi connectivity index (χ1) is 47.1. The highest BCUT2D eigenvalue weighted by molar-refractivity contribution is 5.73. The number of rotatable bonds is 12. The Labute approximate surface area is 568 Å². The normalized spacial score (nSPS) is 24.7. The van der Waals surface area contributed by atoms with Crippen LogP contribution in [0, 0.1) is 139 Å². The number of allylic oxidation sites excluding steroid dienone is 18. The van der Waals surface area contributed by atoms with Crippen molar-refractivity contribution < 1.29 is 0 Å². The Morgan fingerprint density at radius 2 is 0.490 bits per heavy atom. The SMILES string of the molecule is CCN(CC)N=Nc1ccc(C#CC2=C(C#CC#Cc3cc(C#CC#CC4=C(C#Cc5ccc(N=NN(CC)CC)cc5)C56C=CC=CC45CCC6)cc(C#CC#CC4=C(C#Cc5ccc(N=NN(CC)CC)cc5)C56C=CC=CC45CCC6)c3)C34C=CC=CC23CCC4)cc1. The predicted octanol–water partition coefficient (Wildman–Crippen LogP) is 17.7. The van der Waals surface area contributed by atoms with E-state index in [0.29, 0.717) is 0 Å². The first-order valence-corrected chi connectivity index (χ1v) is 34.1. The van der Waals surface area contributed by atoms with Crippen LogP contribution < -0.4 is 0 Å². The first-order valence-electron chi connectivity index (χ1n) is 34.1.